The quantitative estimate of drug-likeness (QED) is 0.590. The maximum absolute atomic E-state index is 6.19. The van der Waals surface area contributed by atoms with Gasteiger partial charge < -0.3 is 10.1 Å². The van der Waals surface area contributed by atoms with E-state index in [1.807, 2.05) is 0 Å². The average Bonchev–Trinajstić information content (AvgIpc) is 2.41. The molecule has 20 heavy (non-hydrogen) atoms. The zero-order valence-electron chi connectivity index (χ0n) is 14.3. The van der Waals surface area contributed by atoms with Gasteiger partial charge in [-0.05, 0) is 43.6 Å². The van der Waals surface area contributed by atoms with Crippen LogP contribution < -0.4 is 5.32 Å². The Morgan fingerprint density at radius 3 is 2.60 bits per heavy atom. The summed E-state index contributed by atoms with van der Waals surface area (Å²) in [6.45, 7) is 12.4. The highest BCUT2D eigenvalue weighted by Gasteiger charge is 2.31. The minimum Gasteiger partial charge on any atom is -0.377 e. The fraction of sp³-hybridized carbons (Fsp3) is 1.00. The average molecular weight is 284 g/mol. The first kappa shape index (κ1) is 18.0. The van der Waals surface area contributed by atoms with Crippen molar-refractivity contribution in [2.45, 2.75) is 78.7 Å². The molecule has 0 amide bonds. The molecule has 2 heteroatoms. The van der Waals surface area contributed by atoms with Crippen LogP contribution >= 0.6 is 0 Å². The van der Waals surface area contributed by atoms with Gasteiger partial charge in [0.15, 0.2) is 0 Å². The number of nitrogens with one attached hydrogen (secondary N) is 1. The van der Waals surface area contributed by atoms with E-state index in [1.165, 1.54) is 44.9 Å². The lowest BCUT2D eigenvalue weighted by Gasteiger charge is -2.37. The minimum absolute atomic E-state index is 0.501. The number of ether oxygens (including phenoxy) is 1. The van der Waals surface area contributed by atoms with E-state index < -0.39 is 0 Å². The van der Waals surface area contributed by atoms with Gasteiger partial charge in [-0.25, -0.2) is 0 Å². The van der Waals surface area contributed by atoms with Crippen LogP contribution in [-0.4, -0.2) is 25.8 Å². The van der Waals surface area contributed by atoms with Crippen molar-refractivity contribution in [2.24, 2.45) is 17.8 Å². The molecule has 0 aromatic carbocycles. The number of rotatable bonds is 10. The van der Waals surface area contributed by atoms with Crippen LogP contribution in [0.5, 0.6) is 0 Å². The molecule has 1 saturated carbocycles. The van der Waals surface area contributed by atoms with Crippen LogP contribution in [0.4, 0.5) is 0 Å². The van der Waals surface area contributed by atoms with Crippen LogP contribution in [0.1, 0.15) is 72.6 Å². The molecule has 3 unspecified atom stereocenters. The molecule has 1 aliphatic carbocycles. The SMILES string of the molecule is CCCCCCNCCOC1CC(C)CCC1C(C)C. The zero-order chi connectivity index (χ0) is 14.8. The van der Waals surface area contributed by atoms with Crippen molar-refractivity contribution in [3.8, 4) is 0 Å². The molecular weight excluding hydrogens is 246 g/mol. The first-order valence-corrected chi connectivity index (χ1v) is 8.97. The predicted molar refractivity (Wildman–Crippen MR) is 88.1 cm³/mol. The maximum atomic E-state index is 6.19. The van der Waals surface area contributed by atoms with Crippen molar-refractivity contribution in [1.82, 2.24) is 5.32 Å². The van der Waals surface area contributed by atoms with Crippen LogP contribution in [0.15, 0.2) is 0 Å². The third-order valence-corrected chi connectivity index (χ3v) is 4.78. The van der Waals surface area contributed by atoms with Crippen LogP contribution in [0, 0.1) is 17.8 Å². The van der Waals surface area contributed by atoms with Gasteiger partial charge >= 0.3 is 0 Å². The van der Waals surface area contributed by atoms with Gasteiger partial charge in [0.1, 0.15) is 0 Å². The molecule has 0 radical (unpaired) electrons. The van der Waals surface area contributed by atoms with Gasteiger partial charge in [0, 0.05) is 6.54 Å². The van der Waals surface area contributed by atoms with Gasteiger partial charge in [-0.1, -0.05) is 53.4 Å². The smallest absolute Gasteiger partial charge is 0.0608 e. The fourth-order valence-electron chi connectivity index (χ4n) is 3.39. The third kappa shape index (κ3) is 7.08. The predicted octanol–water partition coefficient (Wildman–Crippen LogP) is 4.63. The van der Waals surface area contributed by atoms with Gasteiger partial charge in [-0.2, -0.15) is 0 Å². The van der Waals surface area contributed by atoms with E-state index in [0.29, 0.717) is 6.10 Å². The van der Waals surface area contributed by atoms with Crippen LogP contribution in [-0.2, 0) is 4.74 Å². The second-order valence-electron chi connectivity index (χ2n) is 7.05. The molecule has 1 rings (SSSR count). The van der Waals surface area contributed by atoms with E-state index in [2.05, 4.69) is 33.0 Å². The molecule has 0 bridgehead atoms. The summed E-state index contributed by atoms with van der Waals surface area (Å²) in [5, 5.41) is 3.51. The summed E-state index contributed by atoms with van der Waals surface area (Å²) in [5.41, 5.74) is 0. The number of hydrogen-bond acceptors (Lipinski definition) is 2. The van der Waals surface area contributed by atoms with E-state index in [9.17, 15) is 0 Å². The molecule has 0 spiro atoms. The van der Waals surface area contributed by atoms with Crippen molar-refractivity contribution in [3.63, 3.8) is 0 Å². The van der Waals surface area contributed by atoms with Gasteiger partial charge in [-0.3, -0.25) is 0 Å². The molecule has 0 saturated heterocycles. The Balaban J connectivity index is 2.09. The summed E-state index contributed by atoms with van der Waals surface area (Å²) in [4.78, 5) is 0. The monoisotopic (exact) mass is 283 g/mol. The summed E-state index contributed by atoms with van der Waals surface area (Å²) in [6.07, 6.45) is 9.86. The lowest BCUT2D eigenvalue weighted by atomic mass is 9.75. The molecule has 0 aromatic rings. The van der Waals surface area contributed by atoms with Crippen molar-refractivity contribution in [2.75, 3.05) is 19.7 Å². The van der Waals surface area contributed by atoms with Crippen molar-refractivity contribution >= 4 is 0 Å². The second-order valence-corrected chi connectivity index (χ2v) is 7.05. The molecule has 0 aromatic heterocycles. The fourth-order valence-corrected chi connectivity index (χ4v) is 3.39. The maximum Gasteiger partial charge on any atom is 0.0608 e. The molecule has 2 nitrogen and oxygen atoms in total. The van der Waals surface area contributed by atoms with Gasteiger partial charge in [0.25, 0.3) is 0 Å². The van der Waals surface area contributed by atoms with Crippen molar-refractivity contribution < 1.29 is 4.74 Å². The minimum atomic E-state index is 0.501. The Bertz CT molecular complexity index is 229. The molecule has 1 N–H and O–H groups in total. The molecular formula is C18H37NO. The van der Waals surface area contributed by atoms with Crippen molar-refractivity contribution in [1.29, 1.82) is 0 Å². The Kier molecular flexibility index (Phi) is 9.54. The largest absolute Gasteiger partial charge is 0.377 e. The summed E-state index contributed by atoms with van der Waals surface area (Å²) < 4.78 is 6.19. The zero-order valence-corrected chi connectivity index (χ0v) is 14.3. The highest BCUT2D eigenvalue weighted by Crippen LogP contribution is 2.35. The lowest BCUT2D eigenvalue weighted by Crippen LogP contribution is -2.36. The van der Waals surface area contributed by atoms with E-state index in [4.69, 9.17) is 4.74 Å². The molecule has 0 heterocycles. The first-order valence-electron chi connectivity index (χ1n) is 8.97. The molecule has 3 atom stereocenters. The molecule has 120 valence electrons. The van der Waals surface area contributed by atoms with Gasteiger partial charge in [0.05, 0.1) is 12.7 Å². The summed E-state index contributed by atoms with van der Waals surface area (Å²) in [5.74, 6) is 2.38. The summed E-state index contributed by atoms with van der Waals surface area (Å²) >= 11 is 0. The second kappa shape index (κ2) is 10.6. The normalized spacial score (nSPS) is 27.1. The van der Waals surface area contributed by atoms with E-state index >= 15 is 0 Å². The Hall–Kier alpha value is -0.0800. The Morgan fingerprint density at radius 1 is 1.10 bits per heavy atom. The Labute approximate surface area is 127 Å². The van der Waals surface area contributed by atoms with Crippen LogP contribution in [0.2, 0.25) is 0 Å². The first-order chi connectivity index (χ1) is 9.65. The Morgan fingerprint density at radius 2 is 1.90 bits per heavy atom. The highest BCUT2D eigenvalue weighted by atomic mass is 16.5. The molecule has 0 aliphatic heterocycles. The van der Waals surface area contributed by atoms with Gasteiger partial charge in [0.2, 0.25) is 0 Å². The summed E-state index contributed by atoms with van der Waals surface area (Å²) in [7, 11) is 0. The summed E-state index contributed by atoms with van der Waals surface area (Å²) in [6, 6.07) is 0. The van der Waals surface area contributed by atoms with Crippen molar-refractivity contribution in [3.05, 3.63) is 0 Å². The highest BCUT2D eigenvalue weighted by molar-refractivity contribution is 4.81. The topological polar surface area (TPSA) is 21.3 Å². The number of hydrogen-bond donors (Lipinski definition) is 1. The molecule has 1 fully saturated rings. The number of unbranched alkanes of at least 4 members (excludes halogenated alkanes) is 3. The van der Waals surface area contributed by atoms with E-state index in [1.54, 1.807) is 0 Å². The van der Waals surface area contributed by atoms with E-state index in [0.717, 1.165) is 37.5 Å². The van der Waals surface area contributed by atoms with E-state index in [-0.39, 0.29) is 0 Å². The van der Waals surface area contributed by atoms with Gasteiger partial charge in [-0.15, -0.1) is 0 Å². The van der Waals surface area contributed by atoms with Crippen LogP contribution in [0.3, 0.4) is 0 Å². The lowest BCUT2D eigenvalue weighted by molar-refractivity contribution is -0.0366. The third-order valence-electron chi connectivity index (χ3n) is 4.78. The standard InChI is InChI=1S/C18H37NO/c1-5-6-7-8-11-19-12-13-20-18-14-16(4)9-10-17(18)15(2)3/h15-19H,5-14H2,1-4H3. The molecule has 1 aliphatic rings. The van der Waals surface area contributed by atoms with Crippen LogP contribution in [0.25, 0.3) is 0 Å².